The summed E-state index contributed by atoms with van der Waals surface area (Å²) in [6.07, 6.45) is 1.81. The molecule has 106 valence electrons. The average molecular weight is 282 g/mol. The zero-order valence-electron chi connectivity index (χ0n) is 11.6. The van der Waals surface area contributed by atoms with Crippen molar-refractivity contribution in [3.8, 4) is 0 Å². The van der Waals surface area contributed by atoms with Gasteiger partial charge in [-0.2, -0.15) is 4.31 Å². The van der Waals surface area contributed by atoms with Crippen LogP contribution >= 0.6 is 0 Å². The van der Waals surface area contributed by atoms with E-state index in [9.17, 15) is 8.42 Å². The van der Waals surface area contributed by atoms with Crippen molar-refractivity contribution in [1.29, 1.82) is 0 Å². The predicted octanol–water partition coefficient (Wildman–Crippen LogP) is 1.74. The molecule has 0 bridgehead atoms. The van der Waals surface area contributed by atoms with Gasteiger partial charge in [0.1, 0.15) is 0 Å². The number of nitrogens with two attached hydrogens (primary N) is 1. The lowest BCUT2D eigenvalue weighted by Crippen LogP contribution is -2.28. The zero-order valence-corrected chi connectivity index (χ0v) is 12.4. The lowest BCUT2D eigenvalue weighted by atomic mass is 10.1. The fourth-order valence-electron chi connectivity index (χ4n) is 2.56. The van der Waals surface area contributed by atoms with Crippen LogP contribution < -0.4 is 5.73 Å². The van der Waals surface area contributed by atoms with Crippen LogP contribution in [0.5, 0.6) is 0 Å². The van der Waals surface area contributed by atoms with Crippen LogP contribution in [-0.4, -0.2) is 25.8 Å². The average Bonchev–Trinajstić information content (AvgIpc) is 2.85. The van der Waals surface area contributed by atoms with Crippen LogP contribution in [0, 0.1) is 5.92 Å². The molecule has 1 atom stereocenters. The van der Waals surface area contributed by atoms with Gasteiger partial charge in [-0.1, -0.05) is 19.9 Å². The summed E-state index contributed by atoms with van der Waals surface area (Å²) in [5.41, 5.74) is 7.75. The molecule has 4 nitrogen and oxygen atoms in total. The van der Waals surface area contributed by atoms with Crippen LogP contribution in [0.3, 0.4) is 0 Å². The smallest absolute Gasteiger partial charge is 0.243 e. The Morgan fingerprint density at radius 3 is 2.63 bits per heavy atom. The maximum atomic E-state index is 12.5. The third-order valence-corrected chi connectivity index (χ3v) is 5.66. The van der Waals surface area contributed by atoms with Gasteiger partial charge in [0.2, 0.25) is 10.0 Å². The van der Waals surface area contributed by atoms with Crippen LogP contribution in [0.2, 0.25) is 0 Å². The molecule has 0 spiro atoms. The van der Waals surface area contributed by atoms with E-state index in [1.807, 2.05) is 13.0 Å². The first-order chi connectivity index (χ1) is 8.98. The molecule has 1 fully saturated rings. The van der Waals surface area contributed by atoms with Crippen molar-refractivity contribution in [3.63, 3.8) is 0 Å². The van der Waals surface area contributed by atoms with E-state index in [0.717, 1.165) is 24.0 Å². The van der Waals surface area contributed by atoms with E-state index >= 15 is 0 Å². The SMILES string of the molecule is CCc1ccc(S(=O)(=O)N2CCC(C)C2)cc1CN. The highest BCUT2D eigenvalue weighted by molar-refractivity contribution is 7.89. The van der Waals surface area contributed by atoms with Gasteiger partial charge in [0.25, 0.3) is 0 Å². The molecule has 5 heteroatoms. The van der Waals surface area contributed by atoms with E-state index in [0.29, 0.717) is 30.4 Å². The molecule has 1 aromatic rings. The Morgan fingerprint density at radius 2 is 2.11 bits per heavy atom. The van der Waals surface area contributed by atoms with Crippen LogP contribution in [-0.2, 0) is 23.0 Å². The molecular weight excluding hydrogens is 260 g/mol. The van der Waals surface area contributed by atoms with Gasteiger partial charge in [0.15, 0.2) is 0 Å². The Labute approximate surface area is 115 Å². The molecule has 0 amide bonds. The molecule has 1 unspecified atom stereocenters. The van der Waals surface area contributed by atoms with E-state index in [-0.39, 0.29) is 0 Å². The molecule has 0 aromatic heterocycles. The highest BCUT2D eigenvalue weighted by Gasteiger charge is 2.30. The van der Waals surface area contributed by atoms with Gasteiger partial charge in [0, 0.05) is 19.6 Å². The topological polar surface area (TPSA) is 63.4 Å². The Balaban J connectivity index is 2.35. The third-order valence-electron chi connectivity index (χ3n) is 3.80. The monoisotopic (exact) mass is 282 g/mol. The maximum absolute atomic E-state index is 12.5. The largest absolute Gasteiger partial charge is 0.326 e. The van der Waals surface area contributed by atoms with Gasteiger partial charge in [-0.05, 0) is 42.0 Å². The second-order valence-corrected chi connectivity index (χ2v) is 7.18. The standard InChI is InChI=1S/C14H22N2O2S/c1-3-12-4-5-14(8-13(12)9-15)19(17,18)16-7-6-11(2)10-16/h4-5,8,11H,3,6-7,9-10,15H2,1-2H3. The van der Waals surface area contributed by atoms with Crippen molar-refractivity contribution in [3.05, 3.63) is 29.3 Å². The molecule has 0 radical (unpaired) electrons. The molecule has 1 aliphatic rings. The third kappa shape index (κ3) is 2.83. The molecule has 1 aromatic carbocycles. The van der Waals surface area contributed by atoms with E-state index in [4.69, 9.17) is 5.73 Å². The van der Waals surface area contributed by atoms with Crippen molar-refractivity contribution in [2.75, 3.05) is 13.1 Å². The fraction of sp³-hybridized carbons (Fsp3) is 0.571. The first-order valence-electron chi connectivity index (χ1n) is 6.81. The van der Waals surface area contributed by atoms with Crippen LogP contribution in [0.1, 0.15) is 31.4 Å². The molecule has 2 N–H and O–H groups in total. The summed E-state index contributed by atoms with van der Waals surface area (Å²) >= 11 is 0. The molecule has 0 saturated carbocycles. The van der Waals surface area contributed by atoms with Gasteiger partial charge < -0.3 is 5.73 Å². The number of rotatable bonds is 4. The van der Waals surface area contributed by atoms with Crippen molar-refractivity contribution < 1.29 is 8.42 Å². The van der Waals surface area contributed by atoms with Crippen LogP contribution in [0.15, 0.2) is 23.1 Å². The second-order valence-electron chi connectivity index (χ2n) is 5.25. The Kier molecular flexibility index (Phi) is 4.28. The first-order valence-corrected chi connectivity index (χ1v) is 8.25. The Morgan fingerprint density at radius 1 is 1.37 bits per heavy atom. The maximum Gasteiger partial charge on any atom is 0.243 e. The molecule has 0 aliphatic carbocycles. The molecular formula is C14H22N2O2S. The van der Waals surface area contributed by atoms with E-state index in [1.54, 1.807) is 16.4 Å². The number of benzene rings is 1. The van der Waals surface area contributed by atoms with E-state index in [2.05, 4.69) is 6.92 Å². The highest BCUT2D eigenvalue weighted by atomic mass is 32.2. The van der Waals surface area contributed by atoms with Gasteiger partial charge in [-0.3, -0.25) is 0 Å². The first kappa shape index (κ1) is 14.5. The minimum atomic E-state index is -3.35. The molecule has 1 saturated heterocycles. The van der Waals surface area contributed by atoms with Gasteiger partial charge >= 0.3 is 0 Å². The van der Waals surface area contributed by atoms with Crippen molar-refractivity contribution in [2.45, 2.75) is 38.1 Å². The van der Waals surface area contributed by atoms with E-state index < -0.39 is 10.0 Å². The van der Waals surface area contributed by atoms with Gasteiger partial charge in [-0.15, -0.1) is 0 Å². The minimum Gasteiger partial charge on any atom is -0.326 e. The highest BCUT2D eigenvalue weighted by Crippen LogP contribution is 2.25. The van der Waals surface area contributed by atoms with Crippen LogP contribution in [0.4, 0.5) is 0 Å². The second kappa shape index (κ2) is 5.61. The minimum absolute atomic E-state index is 0.374. The number of sulfonamides is 1. The molecule has 1 heterocycles. The fourth-order valence-corrected chi connectivity index (χ4v) is 4.19. The van der Waals surface area contributed by atoms with Gasteiger partial charge in [0.05, 0.1) is 4.90 Å². The Hall–Kier alpha value is -0.910. The Bertz CT molecular complexity index is 555. The van der Waals surface area contributed by atoms with Crippen LogP contribution in [0.25, 0.3) is 0 Å². The number of hydrogen-bond donors (Lipinski definition) is 1. The normalized spacial score (nSPS) is 20.9. The van der Waals surface area contributed by atoms with Crippen molar-refractivity contribution >= 4 is 10.0 Å². The zero-order chi connectivity index (χ0) is 14.0. The number of nitrogens with zero attached hydrogens (tertiary/aromatic N) is 1. The summed E-state index contributed by atoms with van der Waals surface area (Å²) in [5.74, 6) is 0.443. The van der Waals surface area contributed by atoms with Crippen molar-refractivity contribution in [2.24, 2.45) is 11.7 Å². The molecule has 19 heavy (non-hydrogen) atoms. The molecule has 2 rings (SSSR count). The quantitative estimate of drug-likeness (QED) is 0.915. The number of hydrogen-bond acceptors (Lipinski definition) is 3. The number of aryl methyl sites for hydroxylation is 1. The predicted molar refractivity (Wildman–Crippen MR) is 76.3 cm³/mol. The summed E-state index contributed by atoms with van der Waals surface area (Å²) < 4.78 is 26.6. The van der Waals surface area contributed by atoms with Gasteiger partial charge in [-0.25, -0.2) is 8.42 Å². The summed E-state index contributed by atoms with van der Waals surface area (Å²) in [5, 5.41) is 0. The summed E-state index contributed by atoms with van der Waals surface area (Å²) in [6, 6.07) is 5.32. The van der Waals surface area contributed by atoms with Crippen molar-refractivity contribution in [1.82, 2.24) is 4.31 Å². The lowest BCUT2D eigenvalue weighted by molar-refractivity contribution is 0.464. The lowest BCUT2D eigenvalue weighted by Gasteiger charge is -2.17. The summed E-state index contributed by atoms with van der Waals surface area (Å²) in [6.45, 7) is 5.75. The summed E-state index contributed by atoms with van der Waals surface area (Å²) in [7, 11) is -3.35. The van der Waals surface area contributed by atoms with E-state index in [1.165, 1.54) is 0 Å². The molecule has 1 aliphatic heterocycles. The summed E-state index contributed by atoms with van der Waals surface area (Å²) in [4.78, 5) is 0.374.